The van der Waals surface area contributed by atoms with Crippen molar-refractivity contribution >= 4 is 11.6 Å². The Labute approximate surface area is 114 Å². The second-order valence-electron chi connectivity index (χ2n) is 5.01. The highest BCUT2D eigenvalue weighted by Crippen LogP contribution is 2.24. The first kappa shape index (κ1) is 15.5. The summed E-state index contributed by atoms with van der Waals surface area (Å²) in [5.74, 6) is 0. The molecule has 0 aliphatic rings. The summed E-state index contributed by atoms with van der Waals surface area (Å²) in [5, 5.41) is 5.12. The van der Waals surface area contributed by atoms with E-state index in [1.165, 1.54) is 0 Å². The van der Waals surface area contributed by atoms with Gasteiger partial charge in [-0.2, -0.15) is 5.10 Å². The summed E-state index contributed by atoms with van der Waals surface area (Å²) in [6.45, 7) is 11.4. The fourth-order valence-electron chi connectivity index (χ4n) is 2.00. The highest BCUT2D eigenvalue weighted by atomic mass is 35.5. The number of nitrogens with two attached hydrogens (primary N) is 1. The molecule has 0 spiro atoms. The molecule has 0 bridgehead atoms. The summed E-state index contributed by atoms with van der Waals surface area (Å²) in [5.41, 5.74) is 7.73. The van der Waals surface area contributed by atoms with Crippen molar-refractivity contribution in [1.29, 1.82) is 0 Å². The van der Waals surface area contributed by atoms with Gasteiger partial charge in [0.05, 0.1) is 22.0 Å². The quantitative estimate of drug-likeness (QED) is 0.867. The van der Waals surface area contributed by atoms with Crippen LogP contribution in [0.1, 0.15) is 39.1 Å². The average molecular weight is 274 g/mol. The summed E-state index contributed by atoms with van der Waals surface area (Å²) in [7, 11) is 0. The summed E-state index contributed by atoms with van der Waals surface area (Å²) >= 11 is 6.28. The number of rotatable bonds is 6. The lowest BCUT2D eigenvalue weighted by Crippen LogP contribution is -2.47. The number of halogens is 1. The van der Waals surface area contributed by atoms with Gasteiger partial charge in [-0.3, -0.25) is 4.68 Å². The molecule has 1 heterocycles. The van der Waals surface area contributed by atoms with E-state index in [-0.39, 0.29) is 11.6 Å². The standard InChI is InChI=1S/C13H24ClN3O/c1-6-17-10(12(14)9(3)16-17)8-11(15)13(4,5)18-7-2/h11H,6-8,15H2,1-5H3. The molecular weight excluding hydrogens is 250 g/mol. The van der Waals surface area contributed by atoms with Crippen LogP contribution in [0.15, 0.2) is 0 Å². The lowest BCUT2D eigenvalue weighted by atomic mass is 9.95. The Morgan fingerprint density at radius 3 is 2.56 bits per heavy atom. The van der Waals surface area contributed by atoms with Crippen LogP contribution < -0.4 is 5.73 Å². The molecule has 0 aliphatic carbocycles. The molecule has 0 radical (unpaired) electrons. The predicted molar refractivity (Wildman–Crippen MR) is 75.0 cm³/mol. The van der Waals surface area contributed by atoms with Gasteiger partial charge < -0.3 is 10.5 Å². The fraction of sp³-hybridized carbons (Fsp3) is 0.769. The van der Waals surface area contributed by atoms with Crippen molar-refractivity contribution in [3.8, 4) is 0 Å². The zero-order valence-corrected chi connectivity index (χ0v) is 12.7. The van der Waals surface area contributed by atoms with Gasteiger partial charge in [-0.15, -0.1) is 0 Å². The topological polar surface area (TPSA) is 53.1 Å². The molecule has 4 nitrogen and oxygen atoms in total. The number of ether oxygens (including phenoxy) is 1. The molecule has 2 N–H and O–H groups in total. The second kappa shape index (κ2) is 6.04. The molecule has 18 heavy (non-hydrogen) atoms. The van der Waals surface area contributed by atoms with Crippen molar-refractivity contribution in [2.45, 2.75) is 59.2 Å². The molecule has 1 unspecified atom stereocenters. The highest BCUT2D eigenvalue weighted by molar-refractivity contribution is 6.31. The number of aryl methyl sites for hydroxylation is 2. The van der Waals surface area contributed by atoms with E-state index in [0.29, 0.717) is 13.0 Å². The molecule has 1 atom stereocenters. The minimum Gasteiger partial charge on any atom is -0.374 e. The van der Waals surface area contributed by atoms with E-state index in [0.717, 1.165) is 23.0 Å². The zero-order chi connectivity index (χ0) is 13.9. The van der Waals surface area contributed by atoms with Crippen LogP contribution in [0.4, 0.5) is 0 Å². The molecule has 0 saturated heterocycles. The number of aromatic nitrogens is 2. The Morgan fingerprint density at radius 2 is 2.06 bits per heavy atom. The van der Waals surface area contributed by atoms with Crippen LogP contribution in [-0.4, -0.2) is 28.0 Å². The van der Waals surface area contributed by atoms with E-state index in [9.17, 15) is 0 Å². The van der Waals surface area contributed by atoms with Crippen LogP contribution in [-0.2, 0) is 17.7 Å². The fourth-order valence-corrected chi connectivity index (χ4v) is 2.21. The van der Waals surface area contributed by atoms with Gasteiger partial charge in [0.25, 0.3) is 0 Å². The molecule has 1 aromatic heterocycles. The molecule has 0 aliphatic heterocycles. The van der Waals surface area contributed by atoms with Gasteiger partial charge in [-0.1, -0.05) is 11.6 Å². The van der Waals surface area contributed by atoms with Crippen molar-refractivity contribution in [2.24, 2.45) is 5.73 Å². The first-order chi connectivity index (χ1) is 8.33. The van der Waals surface area contributed by atoms with E-state index in [1.807, 2.05) is 39.3 Å². The predicted octanol–water partition coefficient (Wildman–Crippen LogP) is 2.55. The van der Waals surface area contributed by atoms with E-state index in [4.69, 9.17) is 22.1 Å². The lowest BCUT2D eigenvalue weighted by molar-refractivity contribution is -0.0291. The normalized spacial score (nSPS) is 13.9. The molecule has 104 valence electrons. The number of hydrogen-bond donors (Lipinski definition) is 1. The molecule has 0 aromatic carbocycles. The summed E-state index contributed by atoms with van der Waals surface area (Å²) < 4.78 is 7.60. The van der Waals surface area contributed by atoms with Crippen LogP contribution in [0.25, 0.3) is 0 Å². The average Bonchev–Trinajstić information content (AvgIpc) is 2.56. The molecule has 0 saturated carbocycles. The minimum atomic E-state index is -0.366. The Bertz CT molecular complexity index is 401. The SMILES string of the molecule is CCOC(C)(C)C(N)Cc1c(Cl)c(C)nn1CC. The van der Waals surface area contributed by atoms with Gasteiger partial charge in [-0.05, 0) is 34.6 Å². The zero-order valence-electron chi connectivity index (χ0n) is 12.0. The summed E-state index contributed by atoms with van der Waals surface area (Å²) in [6.07, 6.45) is 0.667. The van der Waals surface area contributed by atoms with E-state index in [2.05, 4.69) is 5.10 Å². The van der Waals surface area contributed by atoms with Gasteiger partial charge in [0.15, 0.2) is 0 Å². The van der Waals surface area contributed by atoms with Crippen molar-refractivity contribution in [2.75, 3.05) is 6.61 Å². The van der Waals surface area contributed by atoms with E-state index < -0.39 is 0 Å². The van der Waals surface area contributed by atoms with Crippen LogP contribution in [0, 0.1) is 6.92 Å². The molecule has 0 amide bonds. The Kier molecular flexibility index (Phi) is 5.20. The second-order valence-corrected chi connectivity index (χ2v) is 5.39. The van der Waals surface area contributed by atoms with Crippen molar-refractivity contribution in [3.05, 3.63) is 16.4 Å². The van der Waals surface area contributed by atoms with Crippen LogP contribution in [0.2, 0.25) is 5.02 Å². The molecule has 5 heteroatoms. The summed E-state index contributed by atoms with van der Waals surface area (Å²) in [4.78, 5) is 0. The number of hydrogen-bond acceptors (Lipinski definition) is 3. The third-order valence-electron chi connectivity index (χ3n) is 3.28. The van der Waals surface area contributed by atoms with Crippen molar-refractivity contribution in [3.63, 3.8) is 0 Å². The highest BCUT2D eigenvalue weighted by Gasteiger charge is 2.29. The third-order valence-corrected chi connectivity index (χ3v) is 3.77. The van der Waals surface area contributed by atoms with E-state index >= 15 is 0 Å². The van der Waals surface area contributed by atoms with Gasteiger partial charge >= 0.3 is 0 Å². The van der Waals surface area contributed by atoms with Crippen molar-refractivity contribution in [1.82, 2.24) is 9.78 Å². The lowest BCUT2D eigenvalue weighted by Gasteiger charge is -2.31. The van der Waals surface area contributed by atoms with Gasteiger partial charge in [0.1, 0.15) is 0 Å². The van der Waals surface area contributed by atoms with Gasteiger partial charge in [-0.25, -0.2) is 0 Å². The maximum atomic E-state index is 6.28. The van der Waals surface area contributed by atoms with E-state index in [1.54, 1.807) is 0 Å². The first-order valence-electron chi connectivity index (χ1n) is 6.44. The summed E-state index contributed by atoms with van der Waals surface area (Å²) in [6, 6.07) is -0.114. The third kappa shape index (κ3) is 3.25. The molecule has 1 aromatic rings. The minimum absolute atomic E-state index is 0.114. The van der Waals surface area contributed by atoms with Crippen LogP contribution in [0.3, 0.4) is 0 Å². The Morgan fingerprint density at radius 1 is 1.44 bits per heavy atom. The van der Waals surface area contributed by atoms with Crippen LogP contribution >= 0.6 is 11.6 Å². The molecule has 0 fully saturated rings. The largest absolute Gasteiger partial charge is 0.374 e. The van der Waals surface area contributed by atoms with Crippen LogP contribution in [0.5, 0.6) is 0 Å². The monoisotopic (exact) mass is 273 g/mol. The Balaban J connectivity index is 2.90. The van der Waals surface area contributed by atoms with Gasteiger partial charge in [0.2, 0.25) is 0 Å². The maximum absolute atomic E-state index is 6.28. The number of nitrogens with zero attached hydrogens (tertiary/aromatic N) is 2. The molecular formula is C13H24ClN3O. The van der Waals surface area contributed by atoms with Gasteiger partial charge in [0, 0.05) is 25.6 Å². The first-order valence-corrected chi connectivity index (χ1v) is 6.82. The van der Waals surface area contributed by atoms with Crippen molar-refractivity contribution < 1.29 is 4.74 Å². The molecule has 1 rings (SSSR count). The Hall–Kier alpha value is -0.580. The smallest absolute Gasteiger partial charge is 0.0847 e. The maximum Gasteiger partial charge on any atom is 0.0847 e.